The lowest BCUT2D eigenvalue weighted by Gasteiger charge is -2.46. The topological polar surface area (TPSA) is 33.3 Å². The molecule has 1 atom stereocenters. The van der Waals surface area contributed by atoms with Gasteiger partial charge in [-0.2, -0.15) is 0 Å². The normalized spacial score (nSPS) is 36.3. The molecule has 0 radical (unpaired) electrons. The molecular weight excluding hydrogens is 140 g/mol. The fourth-order valence-electron chi connectivity index (χ4n) is 1.76. The van der Waals surface area contributed by atoms with Gasteiger partial charge in [-0.15, -0.1) is 0 Å². The van der Waals surface area contributed by atoms with Crippen LogP contribution >= 0.6 is 0 Å². The van der Waals surface area contributed by atoms with Crippen molar-refractivity contribution in [3.63, 3.8) is 0 Å². The summed E-state index contributed by atoms with van der Waals surface area (Å²) in [5, 5.41) is 6.65. The number of nitrogens with one attached hydrogen (secondary N) is 2. The largest absolute Gasteiger partial charge is 0.375 e. The summed E-state index contributed by atoms with van der Waals surface area (Å²) in [5.41, 5.74) is 0.396. The van der Waals surface area contributed by atoms with Crippen LogP contribution in [0.3, 0.4) is 0 Å². The molecule has 0 aromatic rings. The van der Waals surface area contributed by atoms with Gasteiger partial charge in [0.2, 0.25) is 0 Å². The Morgan fingerprint density at radius 3 is 2.64 bits per heavy atom. The lowest BCUT2D eigenvalue weighted by Crippen LogP contribution is -2.62. The third-order valence-corrected chi connectivity index (χ3v) is 2.76. The molecule has 2 fully saturated rings. The molecule has 2 saturated heterocycles. The maximum atomic E-state index is 5.68. The molecular formula is C8H16N2O. The molecule has 0 spiro atoms. The number of morpholine rings is 1. The van der Waals surface area contributed by atoms with Gasteiger partial charge in [0, 0.05) is 31.6 Å². The Hall–Kier alpha value is -0.120. The minimum atomic E-state index is 0.396. The molecule has 0 aromatic carbocycles. The third-order valence-electron chi connectivity index (χ3n) is 2.76. The van der Waals surface area contributed by atoms with Crippen LogP contribution in [0.4, 0.5) is 0 Å². The summed E-state index contributed by atoms with van der Waals surface area (Å²) < 4.78 is 5.68. The zero-order chi connectivity index (χ0) is 7.73. The monoisotopic (exact) mass is 156 g/mol. The summed E-state index contributed by atoms with van der Waals surface area (Å²) in [6, 6.07) is 0. The maximum Gasteiger partial charge on any atom is 0.0777 e. The van der Waals surface area contributed by atoms with Crippen LogP contribution in [0.15, 0.2) is 0 Å². The van der Waals surface area contributed by atoms with Gasteiger partial charge in [-0.05, 0) is 0 Å². The Kier molecular flexibility index (Phi) is 1.87. The zero-order valence-electron chi connectivity index (χ0n) is 7.02. The van der Waals surface area contributed by atoms with Crippen molar-refractivity contribution in [2.45, 2.75) is 13.0 Å². The maximum absolute atomic E-state index is 5.68. The summed E-state index contributed by atoms with van der Waals surface area (Å²) in [5.74, 6) is 0. The van der Waals surface area contributed by atoms with E-state index in [-0.39, 0.29) is 0 Å². The first kappa shape index (κ1) is 7.53. The fraction of sp³-hybridized carbons (Fsp3) is 1.00. The highest BCUT2D eigenvalue weighted by Crippen LogP contribution is 2.28. The van der Waals surface area contributed by atoms with E-state index in [1.807, 2.05) is 0 Å². The van der Waals surface area contributed by atoms with Gasteiger partial charge in [-0.1, -0.05) is 6.92 Å². The van der Waals surface area contributed by atoms with Gasteiger partial charge < -0.3 is 15.4 Å². The molecule has 1 unspecified atom stereocenters. The SMILES string of the molecule is CC1(C2CNCCO2)CNC1. The van der Waals surface area contributed by atoms with E-state index < -0.39 is 0 Å². The average Bonchev–Trinajstić information content (AvgIpc) is 2.02. The van der Waals surface area contributed by atoms with Crippen molar-refractivity contribution < 1.29 is 4.74 Å². The van der Waals surface area contributed by atoms with Crippen LogP contribution in [0.5, 0.6) is 0 Å². The second-order valence-electron chi connectivity index (χ2n) is 3.82. The van der Waals surface area contributed by atoms with Crippen molar-refractivity contribution in [2.75, 3.05) is 32.8 Å². The second kappa shape index (κ2) is 2.73. The van der Waals surface area contributed by atoms with Crippen LogP contribution in [0.2, 0.25) is 0 Å². The van der Waals surface area contributed by atoms with Crippen LogP contribution in [-0.2, 0) is 4.74 Å². The number of hydrogen-bond donors (Lipinski definition) is 2. The summed E-state index contributed by atoms with van der Waals surface area (Å²) in [6.07, 6.45) is 0.428. The molecule has 0 amide bonds. The van der Waals surface area contributed by atoms with E-state index in [0.717, 1.165) is 32.8 Å². The number of rotatable bonds is 1. The number of ether oxygens (including phenoxy) is 1. The van der Waals surface area contributed by atoms with Crippen molar-refractivity contribution in [2.24, 2.45) is 5.41 Å². The Labute approximate surface area is 67.5 Å². The highest BCUT2D eigenvalue weighted by molar-refractivity contribution is 4.96. The smallest absolute Gasteiger partial charge is 0.0777 e. The highest BCUT2D eigenvalue weighted by atomic mass is 16.5. The van der Waals surface area contributed by atoms with E-state index in [1.165, 1.54) is 0 Å². The van der Waals surface area contributed by atoms with Crippen molar-refractivity contribution in [3.8, 4) is 0 Å². The van der Waals surface area contributed by atoms with Crippen molar-refractivity contribution in [3.05, 3.63) is 0 Å². The first-order chi connectivity index (χ1) is 5.31. The minimum Gasteiger partial charge on any atom is -0.375 e. The van der Waals surface area contributed by atoms with Crippen LogP contribution in [-0.4, -0.2) is 38.9 Å². The van der Waals surface area contributed by atoms with Crippen LogP contribution in [0, 0.1) is 5.41 Å². The predicted molar refractivity (Wildman–Crippen MR) is 43.6 cm³/mol. The summed E-state index contributed by atoms with van der Waals surface area (Å²) in [6.45, 7) is 7.43. The van der Waals surface area contributed by atoms with Gasteiger partial charge >= 0.3 is 0 Å². The summed E-state index contributed by atoms with van der Waals surface area (Å²) in [7, 11) is 0. The molecule has 0 aliphatic carbocycles. The minimum absolute atomic E-state index is 0.396. The summed E-state index contributed by atoms with van der Waals surface area (Å²) >= 11 is 0. The first-order valence-corrected chi connectivity index (χ1v) is 4.34. The molecule has 0 saturated carbocycles. The van der Waals surface area contributed by atoms with E-state index in [0.29, 0.717) is 11.5 Å². The zero-order valence-corrected chi connectivity index (χ0v) is 7.02. The van der Waals surface area contributed by atoms with Gasteiger partial charge in [0.15, 0.2) is 0 Å². The van der Waals surface area contributed by atoms with Gasteiger partial charge in [-0.3, -0.25) is 0 Å². The Bertz CT molecular complexity index is 139. The molecule has 3 heteroatoms. The second-order valence-corrected chi connectivity index (χ2v) is 3.82. The standard InChI is InChI=1S/C8H16N2O/c1-8(5-10-6-8)7-4-9-2-3-11-7/h7,9-10H,2-6H2,1H3. The molecule has 64 valence electrons. The fourth-order valence-corrected chi connectivity index (χ4v) is 1.76. The summed E-state index contributed by atoms with van der Waals surface area (Å²) in [4.78, 5) is 0. The van der Waals surface area contributed by atoms with E-state index in [2.05, 4.69) is 17.6 Å². The highest BCUT2D eigenvalue weighted by Gasteiger charge is 2.41. The van der Waals surface area contributed by atoms with Gasteiger partial charge in [0.25, 0.3) is 0 Å². The Morgan fingerprint density at radius 2 is 2.18 bits per heavy atom. The Balaban J connectivity index is 1.91. The van der Waals surface area contributed by atoms with Crippen LogP contribution < -0.4 is 10.6 Å². The van der Waals surface area contributed by atoms with Gasteiger partial charge in [-0.25, -0.2) is 0 Å². The lowest BCUT2D eigenvalue weighted by atomic mass is 9.78. The van der Waals surface area contributed by atoms with E-state index in [9.17, 15) is 0 Å². The first-order valence-electron chi connectivity index (χ1n) is 4.34. The molecule has 0 aromatic heterocycles. The Morgan fingerprint density at radius 1 is 1.36 bits per heavy atom. The lowest BCUT2D eigenvalue weighted by molar-refractivity contribution is -0.0721. The van der Waals surface area contributed by atoms with Gasteiger partial charge in [0.05, 0.1) is 12.7 Å². The molecule has 2 N–H and O–H groups in total. The average molecular weight is 156 g/mol. The van der Waals surface area contributed by atoms with Crippen molar-refractivity contribution >= 4 is 0 Å². The molecule has 2 aliphatic heterocycles. The third kappa shape index (κ3) is 1.28. The van der Waals surface area contributed by atoms with Gasteiger partial charge in [0.1, 0.15) is 0 Å². The quantitative estimate of drug-likeness (QED) is 0.541. The van der Waals surface area contributed by atoms with Crippen LogP contribution in [0.1, 0.15) is 6.92 Å². The molecule has 3 nitrogen and oxygen atoms in total. The van der Waals surface area contributed by atoms with E-state index in [1.54, 1.807) is 0 Å². The van der Waals surface area contributed by atoms with Crippen molar-refractivity contribution in [1.29, 1.82) is 0 Å². The molecule has 0 bridgehead atoms. The van der Waals surface area contributed by atoms with Crippen molar-refractivity contribution in [1.82, 2.24) is 10.6 Å². The molecule has 11 heavy (non-hydrogen) atoms. The van der Waals surface area contributed by atoms with Crippen LogP contribution in [0.25, 0.3) is 0 Å². The number of hydrogen-bond acceptors (Lipinski definition) is 3. The molecule has 2 rings (SSSR count). The van der Waals surface area contributed by atoms with E-state index in [4.69, 9.17) is 4.74 Å². The predicted octanol–water partition coefficient (Wildman–Crippen LogP) is -0.416. The molecule has 2 heterocycles. The van der Waals surface area contributed by atoms with E-state index >= 15 is 0 Å². The molecule has 2 aliphatic rings.